The van der Waals surface area contributed by atoms with Gasteiger partial charge in [-0.2, -0.15) is 11.3 Å². The normalized spacial score (nSPS) is 10.8. The Morgan fingerprint density at radius 3 is 2.60 bits per heavy atom. The Kier molecular flexibility index (Phi) is 10.4. The van der Waals surface area contributed by atoms with E-state index in [9.17, 15) is 0 Å². The van der Waals surface area contributed by atoms with Crippen LogP contribution < -0.4 is 20.1 Å². The molecule has 30 heavy (non-hydrogen) atoms. The smallest absolute Gasteiger partial charge is 0.224 e. The lowest BCUT2D eigenvalue weighted by Gasteiger charge is -2.15. The Balaban J connectivity index is 0.00000320. The summed E-state index contributed by atoms with van der Waals surface area (Å²) in [6.45, 7) is 3.97. The van der Waals surface area contributed by atoms with Crippen LogP contribution in [0.5, 0.6) is 17.4 Å². The number of rotatable bonds is 9. The van der Waals surface area contributed by atoms with E-state index < -0.39 is 0 Å². The molecule has 3 rings (SSSR count). The van der Waals surface area contributed by atoms with Crippen LogP contribution in [-0.2, 0) is 13.1 Å². The molecule has 0 aliphatic heterocycles. The molecule has 0 aliphatic carbocycles. The highest BCUT2D eigenvalue weighted by atomic mass is 127. The minimum absolute atomic E-state index is 0. The molecule has 0 fully saturated rings. The molecule has 0 bridgehead atoms. The topological polar surface area (TPSA) is 67.8 Å². The second kappa shape index (κ2) is 13.1. The van der Waals surface area contributed by atoms with Gasteiger partial charge in [0.15, 0.2) is 17.5 Å². The molecule has 0 radical (unpaired) electrons. The number of hydrogen-bond donors (Lipinski definition) is 2. The van der Waals surface area contributed by atoms with Crippen LogP contribution in [0.1, 0.15) is 24.5 Å². The Labute approximate surface area is 198 Å². The van der Waals surface area contributed by atoms with Crippen LogP contribution in [0.25, 0.3) is 0 Å². The number of nitrogens with zero attached hydrogens (tertiary/aromatic N) is 2. The lowest BCUT2D eigenvalue weighted by Crippen LogP contribution is -2.36. The summed E-state index contributed by atoms with van der Waals surface area (Å²) in [5, 5.41) is 10.8. The number of halogens is 1. The van der Waals surface area contributed by atoms with Crippen LogP contribution >= 0.6 is 35.3 Å². The van der Waals surface area contributed by atoms with Crippen LogP contribution in [0, 0.1) is 0 Å². The number of nitrogens with one attached hydrogen (secondary N) is 2. The molecule has 1 aromatic carbocycles. The van der Waals surface area contributed by atoms with E-state index in [0.717, 1.165) is 24.5 Å². The first-order chi connectivity index (χ1) is 14.3. The maximum atomic E-state index is 6.09. The van der Waals surface area contributed by atoms with Crippen molar-refractivity contribution in [2.24, 2.45) is 4.99 Å². The van der Waals surface area contributed by atoms with Crippen LogP contribution in [0.2, 0.25) is 0 Å². The van der Waals surface area contributed by atoms with Crippen LogP contribution in [0.15, 0.2) is 64.4 Å². The summed E-state index contributed by atoms with van der Waals surface area (Å²) < 4.78 is 11.9. The fourth-order valence-electron chi connectivity index (χ4n) is 2.60. The van der Waals surface area contributed by atoms with E-state index in [-0.39, 0.29) is 24.0 Å². The standard InChI is InChI=1S/C22H26N4O2S.HI/c1-3-12-27-19-8-4-5-9-20(19)28-21-18(7-6-11-24-21)15-26-22(23-2)25-14-17-10-13-29-16-17;/h4-11,13,16H,3,12,14-15H2,1-2H3,(H2,23,25,26);1H. The molecule has 0 atom stereocenters. The third-order valence-corrected chi connectivity index (χ3v) is 4.81. The van der Waals surface area contributed by atoms with Crippen molar-refractivity contribution in [3.05, 3.63) is 70.5 Å². The zero-order valence-corrected chi connectivity index (χ0v) is 20.3. The van der Waals surface area contributed by atoms with Crippen LogP contribution in [0.3, 0.4) is 0 Å². The van der Waals surface area contributed by atoms with E-state index in [4.69, 9.17) is 9.47 Å². The molecular weight excluding hydrogens is 511 g/mol. The van der Waals surface area contributed by atoms with Gasteiger partial charge in [-0.25, -0.2) is 4.98 Å². The average molecular weight is 538 g/mol. The number of thiophene rings is 1. The zero-order chi connectivity index (χ0) is 20.3. The fourth-order valence-corrected chi connectivity index (χ4v) is 3.27. The van der Waals surface area contributed by atoms with Gasteiger partial charge in [-0.1, -0.05) is 25.1 Å². The zero-order valence-electron chi connectivity index (χ0n) is 17.1. The van der Waals surface area contributed by atoms with Gasteiger partial charge in [-0.05, 0) is 47.0 Å². The largest absolute Gasteiger partial charge is 0.490 e. The van der Waals surface area contributed by atoms with Gasteiger partial charge >= 0.3 is 0 Å². The van der Waals surface area contributed by atoms with Gasteiger partial charge in [0, 0.05) is 31.9 Å². The highest BCUT2D eigenvalue weighted by molar-refractivity contribution is 14.0. The van der Waals surface area contributed by atoms with Crippen molar-refractivity contribution < 1.29 is 9.47 Å². The first kappa shape index (κ1) is 23.9. The number of ether oxygens (including phenoxy) is 2. The van der Waals surface area contributed by atoms with Gasteiger partial charge in [0.1, 0.15) is 0 Å². The van der Waals surface area contributed by atoms with E-state index in [1.54, 1.807) is 24.6 Å². The molecule has 0 saturated heterocycles. The van der Waals surface area contributed by atoms with E-state index >= 15 is 0 Å². The van der Waals surface area contributed by atoms with Crippen LogP contribution in [0.4, 0.5) is 0 Å². The Morgan fingerprint density at radius 2 is 1.87 bits per heavy atom. The number of benzene rings is 1. The predicted molar refractivity (Wildman–Crippen MR) is 133 cm³/mol. The minimum atomic E-state index is 0. The molecule has 160 valence electrons. The highest BCUT2D eigenvalue weighted by Crippen LogP contribution is 2.31. The molecule has 0 saturated carbocycles. The third-order valence-electron chi connectivity index (χ3n) is 4.08. The van der Waals surface area contributed by atoms with Gasteiger partial charge in [0.2, 0.25) is 5.88 Å². The second-order valence-electron chi connectivity index (χ2n) is 6.28. The molecule has 0 aliphatic rings. The highest BCUT2D eigenvalue weighted by Gasteiger charge is 2.11. The van der Waals surface area contributed by atoms with Gasteiger partial charge < -0.3 is 20.1 Å². The lowest BCUT2D eigenvalue weighted by atomic mass is 10.2. The molecular formula is C22H27IN4O2S. The summed E-state index contributed by atoms with van der Waals surface area (Å²) in [5.74, 6) is 2.63. The van der Waals surface area contributed by atoms with Crippen molar-refractivity contribution in [1.29, 1.82) is 0 Å². The molecule has 8 heteroatoms. The Bertz CT molecular complexity index is 919. The van der Waals surface area contributed by atoms with Gasteiger partial charge in [-0.15, -0.1) is 24.0 Å². The number of aromatic nitrogens is 1. The Hall–Kier alpha value is -2.33. The van der Waals surface area contributed by atoms with E-state index in [2.05, 4.69) is 44.4 Å². The maximum absolute atomic E-state index is 6.09. The summed E-state index contributed by atoms with van der Waals surface area (Å²) in [6, 6.07) is 13.6. The monoisotopic (exact) mass is 538 g/mol. The SMILES string of the molecule is CCCOc1ccccc1Oc1ncccc1CNC(=NC)NCc1ccsc1.I. The molecule has 2 N–H and O–H groups in total. The molecule has 6 nitrogen and oxygen atoms in total. The van der Waals surface area contributed by atoms with Crippen molar-refractivity contribution in [1.82, 2.24) is 15.6 Å². The summed E-state index contributed by atoms with van der Waals surface area (Å²) in [4.78, 5) is 8.69. The maximum Gasteiger partial charge on any atom is 0.224 e. The molecule has 0 amide bonds. The first-order valence-corrected chi connectivity index (χ1v) is 10.5. The summed E-state index contributed by atoms with van der Waals surface area (Å²) in [6.07, 6.45) is 2.66. The third kappa shape index (κ3) is 7.17. The van der Waals surface area contributed by atoms with Gasteiger partial charge in [0.25, 0.3) is 0 Å². The minimum Gasteiger partial charge on any atom is -0.490 e. The molecule has 2 heterocycles. The number of guanidine groups is 1. The van der Waals surface area contributed by atoms with Crippen molar-refractivity contribution in [2.45, 2.75) is 26.4 Å². The van der Waals surface area contributed by atoms with Crippen molar-refractivity contribution >= 4 is 41.3 Å². The second-order valence-corrected chi connectivity index (χ2v) is 7.06. The predicted octanol–water partition coefficient (Wildman–Crippen LogP) is 5.21. The molecule has 0 spiro atoms. The number of pyridine rings is 1. The number of hydrogen-bond acceptors (Lipinski definition) is 5. The Morgan fingerprint density at radius 1 is 1.07 bits per heavy atom. The van der Waals surface area contributed by atoms with Gasteiger partial charge in [0.05, 0.1) is 6.61 Å². The van der Waals surface area contributed by atoms with Crippen molar-refractivity contribution in [3.8, 4) is 17.4 Å². The number of para-hydroxylation sites is 2. The molecule has 2 aromatic heterocycles. The van der Waals surface area contributed by atoms with E-state index in [1.165, 1.54) is 5.56 Å². The first-order valence-electron chi connectivity index (χ1n) is 9.59. The summed E-state index contributed by atoms with van der Waals surface area (Å²) in [5.41, 5.74) is 2.16. The lowest BCUT2D eigenvalue weighted by molar-refractivity contribution is 0.300. The van der Waals surface area contributed by atoms with Gasteiger partial charge in [-0.3, -0.25) is 4.99 Å². The van der Waals surface area contributed by atoms with Crippen LogP contribution in [-0.4, -0.2) is 24.6 Å². The van der Waals surface area contributed by atoms with E-state index in [0.29, 0.717) is 30.5 Å². The number of aliphatic imine (C=N–C) groups is 1. The van der Waals surface area contributed by atoms with Crippen molar-refractivity contribution in [2.75, 3.05) is 13.7 Å². The summed E-state index contributed by atoms with van der Waals surface area (Å²) in [7, 11) is 1.75. The molecule has 3 aromatic rings. The fraction of sp³-hybridized carbons (Fsp3) is 0.273. The quantitative estimate of drug-likeness (QED) is 0.223. The van der Waals surface area contributed by atoms with Crippen molar-refractivity contribution in [3.63, 3.8) is 0 Å². The average Bonchev–Trinajstić information content (AvgIpc) is 3.28. The van der Waals surface area contributed by atoms with E-state index in [1.807, 2.05) is 36.4 Å². The summed E-state index contributed by atoms with van der Waals surface area (Å²) >= 11 is 1.68. The molecule has 0 unspecified atom stereocenters.